The molecule has 0 aliphatic rings. The Morgan fingerprint density at radius 3 is 2.42 bits per heavy atom. The second kappa shape index (κ2) is 6.57. The van der Waals surface area contributed by atoms with Crippen LogP contribution in [0.25, 0.3) is 10.9 Å². The van der Waals surface area contributed by atoms with E-state index >= 15 is 0 Å². The Hall–Kier alpha value is -1.85. The van der Waals surface area contributed by atoms with Crippen LogP contribution in [0.2, 0.25) is 0 Å². The highest BCUT2D eigenvalue weighted by Gasteiger charge is 2.26. The van der Waals surface area contributed by atoms with Gasteiger partial charge in [-0.05, 0) is 49.9 Å². The molecule has 1 unspecified atom stereocenters. The maximum atomic E-state index is 11.6. The van der Waals surface area contributed by atoms with Crippen molar-refractivity contribution in [2.45, 2.75) is 59.1 Å². The molecule has 0 saturated carbocycles. The number of benzene rings is 1. The number of carboxylic acids is 1. The fourth-order valence-electron chi connectivity index (χ4n) is 3.39. The number of carboxylic acid groups (broad SMARTS) is 1. The molecule has 5 nitrogen and oxygen atoms in total. The zero-order chi connectivity index (χ0) is 18.2. The van der Waals surface area contributed by atoms with Gasteiger partial charge in [-0.3, -0.25) is 0 Å². The predicted molar refractivity (Wildman–Crippen MR) is 96.6 cm³/mol. The van der Waals surface area contributed by atoms with E-state index in [1.165, 1.54) is 0 Å². The molecule has 0 spiro atoms. The monoisotopic (exact) mass is 332 g/mol. The maximum Gasteiger partial charge on any atom is 0.335 e. The lowest BCUT2D eigenvalue weighted by Crippen LogP contribution is -2.16. The number of nitrogens with two attached hydrogens (primary N) is 1. The highest BCUT2D eigenvalue weighted by atomic mass is 16.4. The highest BCUT2D eigenvalue weighted by molar-refractivity contribution is 5.97. The number of fused-ring (bicyclic) bond motifs is 1. The molecule has 0 aliphatic carbocycles. The molecule has 0 fully saturated rings. The van der Waals surface area contributed by atoms with Crippen molar-refractivity contribution < 1.29 is 15.0 Å². The van der Waals surface area contributed by atoms with Crippen LogP contribution in [0.1, 0.15) is 67.4 Å². The van der Waals surface area contributed by atoms with Gasteiger partial charge >= 0.3 is 5.97 Å². The van der Waals surface area contributed by atoms with E-state index in [2.05, 4.69) is 25.3 Å². The first-order valence-electron chi connectivity index (χ1n) is 8.38. The quantitative estimate of drug-likeness (QED) is 0.783. The average Bonchev–Trinajstić information content (AvgIpc) is 2.74. The molecular formula is C19H28N2O3. The predicted octanol–water partition coefficient (Wildman–Crippen LogP) is 3.35. The lowest BCUT2D eigenvalue weighted by molar-refractivity contribution is 0.0697. The van der Waals surface area contributed by atoms with Crippen LogP contribution in [0, 0.1) is 6.92 Å². The number of rotatable bonds is 5. The summed E-state index contributed by atoms with van der Waals surface area (Å²) in [6, 6.07) is 3.44. The third kappa shape index (κ3) is 3.19. The minimum atomic E-state index is -0.952. The Labute approximate surface area is 143 Å². The van der Waals surface area contributed by atoms with Gasteiger partial charge in [-0.2, -0.15) is 0 Å². The molecule has 24 heavy (non-hydrogen) atoms. The summed E-state index contributed by atoms with van der Waals surface area (Å²) in [4.78, 5) is 11.6. The molecule has 0 radical (unpaired) electrons. The van der Waals surface area contributed by atoms with Gasteiger partial charge in [0.1, 0.15) is 0 Å². The normalized spacial score (nSPS) is 13.5. The summed E-state index contributed by atoms with van der Waals surface area (Å²) in [7, 11) is 0. The van der Waals surface area contributed by atoms with Crippen molar-refractivity contribution in [2.75, 3.05) is 6.54 Å². The largest absolute Gasteiger partial charge is 0.478 e. The molecule has 0 saturated heterocycles. The number of aryl methyl sites for hydroxylation is 1. The average molecular weight is 332 g/mol. The van der Waals surface area contributed by atoms with Gasteiger partial charge in [-0.1, -0.05) is 20.8 Å². The first-order chi connectivity index (χ1) is 11.1. The molecule has 2 rings (SSSR count). The molecule has 5 heteroatoms. The number of hydrogen-bond acceptors (Lipinski definition) is 3. The van der Waals surface area contributed by atoms with Crippen molar-refractivity contribution in [2.24, 2.45) is 5.73 Å². The fraction of sp³-hybridized carbons (Fsp3) is 0.526. The van der Waals surface area contributed by atoms with Crippen LogP contribution in [0.15, 0.2) is 12.1 Å². The van der Waals surface area contributed by atoms with Gasteiger partial charge in [-0.25, -0.2) is 4.79 Å². The van der Waals surface area contributed by atoms with Gasteiger partial charge in [0.25, 0.3) is 0 Å². The van der Waals surface area contributed by atoms with Crippen LogP contribution in [0.5, 0.6) is 0 Å². The summed E-state index contributed by atoms with van der Waals surface area (Å²) in [6.45, 7) is 11.3. The maximum absolute atomic E-state index is 11.6. The highest BCUT2D eigenvalue weighted by Crippen LogP contribution is 2.38. The molecule has 2 aromatic rings. The summed E-state index contributed by atoms with van der Waals surface area (Å²) in [5.41, 5.74) is 9.48. The Morgan fingerprint density at radius 1 is 1.33 bits per heavy atom. The number of aromatic nitrogens is 1. The Balaban J connectivity index is 2.96. The lowest BCUT2D eigenvalue weighted by atomic mass is 9.84. The Kier molecular flexibility index (Phi) is 5.06. The molecule has 4 N–H and O–H groups in total. The zero-order valence-corrected chi connectivity index (χ0v) is 15.2. The van der Waals surface area contributed by atoms with E-state index in [0.717, 1.165) is 40.7 Å². The zero-order valence-electron chi connectivity index (χ0n) is 15.2. The first kappa shape index (κ1) is 18.5. The number of aliphatic hydroxyl groups excluding tert-OH is 1. The van der Waals surface area contributed by atoms with E-state index in [4.69, 9.17) is 5.73 Å². The van der Waals surface area contributed by atoms with Crippen LogP contribution in [-0.2, 0) is 12.0 Å². The van der Waals surface area contributed by atoms with Gasteiger partial charge < -0.3 is 20.5 Å². The lowest BCUT2D eigenvalue weighted by Gasteiger charge is -2.23. The number of nitrogens with zero attached hydrogens (tertiary/aromatic N) is 1. The first-order valence-corrected chi connectivity index (χ1v) is 8.38. The molecular weight excluding hydrogens is 304 g/mol. The van der Waals surface area contributed by atoms with Crippen LogP contribution in [-0.4, -0.2) is 27.3 Å². The second-order valence-corrected chi connectivity index (χ2v) is 7.44. The minimum absolute atomic E-state index is 0.217. The third-order valence-electron chi connectivity index (χ3n) is 4.52. The fourth-order valence-corrected chi connectivity index (χ4v) is 3.39. The summed E-state index contributed by atoms with van der Waals surface area (Å²) in [5, 5.41) is 20.6. The van der Waals surface area contributed by atoms with Crippen molar-refractivity contribution in [3.05, 3.63) is 34.5 Å². The van der Waals surface area contributed by atoms with Gasteiger partial charge in [0.2, 0.25) is 0 Å². The number of aliphatic hydroxyl groups is 1. The van der Waals surface area contributed by atoms with Gasteiger partial charge in [-0.15, -0.1) is 0 Å². The molecule has 0 bridgehead atoms. The van der Waals surface area contributed by atoms with E-state index in [1.807, 2.05) is 6.92 Å². The summed E-state index contributed by atoms with van der Waals surface area (Å²) < 4.78 is 2.18. The molecule has 1 heterocycles. The van der Waals surface area contributed by atoms with Crippen LogP contribution < -0.4 is 5.73 Å². The van der Waals surface area contributed by atoms with E-state index in [9.17, 15) is 15.0 Å². The van der Waals surface area contributed by atoms with Crippen LogP contribution in [0.4, 0.5) is 0 Å². The Bertz CT molecular complexity index is 767. The summed E-state index contributed by atoms with van der Waals surface area (Å²) in [5.74, 6) is -0.952. The van der Waals surface area contributed by atoms with Crippen molar-refractivity contribution in [3.63, 3.8) is 0 Å². The SMILES string of the molecule is Cc1c(C(C)O)c2cc(C(=O)O)cc(C(C)(C)C)c2n1CCCN. The van der Waals surface area contributed by atoms with Gasteiger partial charge in [0.05, 0.1) is 17.2 Å². The van der Waals surface area contributed by atoms with Crippen molar-refractivity contribution in [3.8, 4) is 0 Å². The van der Waals surface area contributed by atoms with Crippen molar-refractivity contribution >= 4 is 16.9 Å². The second-order valence-electron chi connectivity index (χ2n) is 7.44. The molecule has 132 valence electrons. The topological polar surface area (TPSA) is 88.5 Å². The summed E-state index contributed by atoms with van der Waals surface area (Å²) in [6.07, 6.45) is 0.164. The van der Waals surface area contributed by atoms with E-state index in [1.54, 1.807) is 19.1 Å². The van der Waals surface area contributed by atoms with Crippen molar-refractivity contribution in [1.82, 2.24) is 4.57 Å². The minimum Gasteiger partial charge on any atom is -0.478 e. The molecule has 0 aliphatic heterocycles. The smallest absolute Gasteiger partial charge is 0.335 e. The molecule has 1 aromatic heterocycles. The standard InChI is InChI=1S/C19H28N2O3/c1-11-16(12(2)22)14-9-13(18(23)24)10-15(19(3,4)5)17(14)21(11)8-6-7-20/h9-10,12,22H,6-8,20H2,1-5H3,(H,23,24). The van der Waals surface area contributed by atoms with E-state index in [-0.39, 0.29) is 11.0 Å². The van der Waals surface area contributed by atoms with Gasteiger partial charge in [0, 0.05) is 23.2 Å². The number of carbonyl (C=O) groups is 1. The molecule has 1 aromatic carbocycles. The summed E-state index contributed by atoms with van der Waals surface area (Å²) >= 11 is 0. The van der Waals surface area contributed by atoms with Crippen LogP contribution >= 0.6 is 0 Å². The third-order valence-corrected chi connectivity index (χ3v) is 4.52. The molecule has 0 amide bonds. The van der Waals surface area contributed by atoms with E-state index < -0.39 is 12.1 Å². The Morgan fingerprint density at radius 2 is 1.96 bits per heavy atom. The van der Waals surface area contributed by atoms with Crippen LogP contribution in [0.3, 0.4) is 0 Å². The number of aromatic carboxylic acids is 1. The van der Waals surface area contributed by atoms with Crippen molar-refractivity contribution in [1.29, 1.82) is 0 Å². The van der Waals surface area contributed by atoms with E-state index in [0.29, 0.717) is 6.54 Å². The van der Waals surface area contributed by atoms with Gasteiger partial charge in [0.15, 0.2) is 0 Å². The molecule has 1 atom stereocenters. The number of hydrogen-bond donors (Lipinski definition) is 3.